The Labute approximate surface area is 77.5 Å². The van der Waals surface area contributed by atoms with Crippen LogP contribution < -0.4 is 5.69 Å². The SMILES string of the molecule is O=c1n(Cl)nnn1-c1cccnc1. The smallest absolute Gasteiger partial charge is 0.262 e. The highest BCUT2D eigenvalue weighted by Crippen LogP contribution is 1.97. The molecule has 0 unspecified atom stereocenters. The van der Waals surface area contributed by atoms with Crippen molar-refractivity contribution in [3.63, 3.8) is 0 Å². The quantitative estimate of drug-likeness (QED) is 0.637. The fourth-order valence-electron chi connectivity index (χ4n) is 0.871. The van der Waals surface area contributed by atoms with Gasteiger partial charge >= 0.3 is 5.69 Å². The van der Waals surface area contributed by atoms with Crippen molar-refractivity contribution in [2.45, 2.75) is 0 Å². The first-order valence-electron chi connectivity index (χ1n) is 3.40. The van der Waals surface area contributed by atoms with Crippen molar-refractivity contribution in [2.75, 3.05) is 0 Å². The molecule has 0 aliphatic heterocycles. The third kappa shape index (κ3) is 1.31. The molecule has 2 aromatic rings. The Morgan fingerprint density at radius 1 is 1.38 bits per heavy atom. The Kier molecular flexibility index (Phi) is 1.82. The number of rotatable bonds is 1. The summed E-state index contributed by atoms with van der Waals surface area (Å²) in [6.07, 6.45) is 3.09. The first-order chi connectivity index (χ1) is 6.29. The van der Waals surface area contributed by atoms with E-state index in [2.05, 4.69) is 15.4 Å². The molecule has 2 aromatic heterocycles. The Bertz CT molecular complexity index is 461. The minimum atomic E-state index is -0.519. The Balaban J connectivity index is 2.60. The maximum absolute atomic E-state index is 11.2. The molecule has 0 saturated heterocycles. The predicted molar refractivity (Wildman–Crippen MR) is 44.7 cm³/mol. The van der Waals surface area contributed by atoms with Gasteiger partial charge in [0.25, 0.3) is 0 Å². The van der Waals surface area contributed by atoms with E-state index < -0.39 is 5.69 Å². The number of hydrogen-bond donors (Lipinski definition) is 0. The summed E-state index contributed by atoms with van der Waals surface area (Å²) in [5.41, 5.74) is 0.00840. The number of tetrazole rings is 1. The van der Waals surface area contributed by atoms with E-state index in [1.807, 2.05) is 0 Å². The third-order valence-electron chi connectivity index (χ3n) is 1.44. The second-order valence-electron chi connectivity index (χ2n) is 2.24. The number of hydrogen-bond acceptors (Lipinski definition) is 4. The van der Waals surface area contributed by atoms with Gasteiger partial charge < -0.3 is 0 Å². The molecule has 0 aromatic carbocycles. The summed E-state index contributed by atoms with van der Waals surface area (Å²) in [6, 6.07) is 3.37. The zero-order chi connectivity index (χ0) is 9.26. The van der Waals surface area contributed by atoms with Crippen LogP contribution in [0.3, 0.4) is 0 Å². The topological polar surface area (TPSA) is 65.6 Å². The van der Waals surface area contributed by atoms with E-state index in [0.29, 0.717) is 9.89 Å². The lowest BCUT2D eigenvalue weighted by atomic mass is 10.4. The second kappa shape index (κ2) is 2.98. The molecule has 0 atom stereocenters. The highest BCUT2D eigenvalue weighted by atomic mass is 35.5. The van der Waals surface area contributed by atoms with Crippen LogP contribution in [-0.2, 0) is 0 Å². The Hall–Kier alpha value is -1.69. The zero-order valence-electron chi connectivity index (χ0n) is 6.33. The standard InChI is InChI=1S/C6H4ClN5O/c7-12-6(13)11(9-10-12)5-2-1-3-8-4-5/h1-4H. The molecular formula is C6H4ClN5O. The largest absolute Gasteiger partial charge is 0.384 e. The van der Waals surface area contributed by atoms with Gasteiger partial charge in [0.05, 0.1) is 11.9 Å². The van der Waals surface area contributed by atoms with E-state index in [1.165, 1.54) is 6.20 Å². The molecule has 0 radical (unpaired) electrons. The summed E-state index contributed by atoms with van der Waals surface area (Å²) in [7, 11) is 0. The van der Waals surface area contributed by atoms with Crippen molar-refractivity contribution in [1.29, 1.82) is 0 Å². The molecule has 0 spiro atoms. The lowest BCUT2D eigenvalue weighted by Crippen LogP contribution is -2.19. The fraction of sp³-hybridized carbons (Fsp3) is 0. The number of halogens is 1. The maximum Gasteiger partial charge on any atom is 0.384 e. The summed E-state index contributed by atoms with van der Waals surface area (Å²) < 4.78 is 1.69. The summed E-state index contributed by atoms with van der Waals surface area (Å²) in [5, 5.41) is 6.88. The zero-order valence-corrected chi connectivity index (χ0v) is 7.09. The summed E-state index contributed by atoms with van der Waals surface area (Å²) in [4.78, 5) is 15.0. The summed E-state index contributed by atoms with van der Waals surface area (Å²) in [5.74, 6) is 0. The molecule has 7 heteroatoms. The van der Waals surface area contributed by atoms with Gasteiger partial charge in [-0.05, 0) is 22.6 Å². The molecule has 13 heavy (non-hydrogen) atoms. The van der Waals surface area contributed by atoms with E-state index in [0.717, 1.165) is 4.68 Å². The Morgan fingerprint density at radius 3 is 2.77 bits per heavy atom. The molecule has 2 heterocycles. The first-order valence-corrected chi connectivity index (χ1v) is 3.74. The highest BCUT2D eigenvalue weighted by molar-refractivity contribution is 6.14. The van der Waals surface area contributed by atoms with E-state index in [-0.39, 0.29) is 0 Å². The predicted octanol–water partition coefficient (Wildman–Crippen LogP) is -0.174. The van der Waals surface area contributed by atoms with Crippen LogP contribution in [0.15, 0.2) is 29.3 Å². The lowest BCUT2D eigenvalue weighted by Gasteiger charge is -1.93. The van der Waals surface area contributed by atoms with Crippen molar-refractivity contribution < 1.29 is 0 Å². The average Bonchev–Trinajstić information content (AvgIpc) is 2.49. The van der Waals surface area contributed by atoms with Crippen molar-refractivity contribution in [3.8, 4) is 5.69 Å². The Morgan fingerprint density at radius 2 is 2.23 bits per heavy atom. The van der Waals surface area contributed by atoms with Gasteiger partial charge in [-0.1, -0.05) is 4.20 Å². The summed E-state index contributed by atoms with van der Waals surface area (Å²) in [6.45, 7) is 0. The van der Waals surface area contributed by atoms with Crippen LogP contribution in [0, 0.1) is 0 Å². The van der Waals surface area contributed by atoms with Crippen LogP contribution in [0.2, 0.25) is 0 Å². The van der Waals surface area contributed by atoms with Crippen LogP contribution in [0.4, 0.5) is 0 Å². The van der Waals surface area contributed by atoms with Gasteiger partial charge in [0.15, 0.2) is 0 Å². The molecule has 0 N–H and O–H groups in total. The molecule has 0 aliphatic rings. The van der Waals surface area contributed by atoms with E-state index in [1.54, 1.807) is 18.3 Å². The van der Waals surface area contributed by atoms with Crippen LogP contribution in [0.25, 0.3) is 5.69 Å². The number of aromatic nitrogens is 5. The minimum Gasteiger partial charge on any atom is -0.262 e. The van der Waals surface area contributed by atoms with Crippen molar-refractivity contribution in [3.05, 3.63) is 35.0 Å². The first kappa shape index (κ1) is 7.93. The van der Waals surface area contributed by atoms with Gasteiger partial charge in [-0.25, -0.2) is 4.79 Å². The van der Waals surface area contributed by atoms with Crippen molar-refractivity contribution in [1.82, 2.24) is 24.3 Å². The van der Waals surface area contributed by atoms with Crippen LogP contribution in [0.1, 0.15) is 0 Å². The molecule has 0 saturated carbocycles. The highest BCUT2D eigenvalue weighted by Gasteiger charge is 2.05. The van der Waals surface area contributed by atoms with E-state index in [4.69, 9.17) is 11.8 Å². The molecule has 2 rings (SSSR count). The maximum atomic E-state index is 11.2. The van der Waals surface area contributed by atoms with Crippen molar-refractivity contribution >= 4 is 11.8 Å². The molecule has 66 valence electrons. The van der Waals surface area contributed by atoms with Gasteiger partial charge in [0, 0.05) is 18.0 Å². The number of nitrogens with zero attached hydrogens (tertiary/aromatic N) is 5. The van der Waals surface area contributed by atoms with Crippen LogP contribution in [-0.4, -0.2) is 24.3 Å². The van der Waals surface area contributed by atoms with Gasteiger partial charge in [0.1, 0.15) is 0 Å². The molecule has 0 aliphatic carbocycles. The fourth-order valence-corrected chi connectivity index (χ4v) is 0.973. The van der Waals surface area contributed by atoms with Crippen LogP contribution in [0.5, 0.6) is 0 Å². The van der Waals surface area contributed by atoms with Gasteiger partial charge in [-0.2, -0.15) is 4.68 Å². The third-order valence-corrected chi connectivity index (χ3v) is 1.65. The molecule has 0 bridgehead atoms. The lowest BCUT2D eigenvalue weighted by molar-refractivity contribution is 0.771. The van der Waals surface area contributed by atoms with E-state index in [9.17, 15) is 4.79 Å². The molecule has 0 fully saturated rings. The van der Waals surface area contributed by atoms with Gasteiger partial charge in [-0.3, -0.25) is 4.98 Å². The minimum absolute atomic E-state index is 0.519. The summed E-state index contributed by atoms with van der Waals surface area (Å²) >= 11 is 5.37. The van der Waals surface area contributed by atoms with Crippen LogP contribution >= 0.6 is 11.8 Å². The molecule has 0 amide bonds. The molecule has 6 nitrogen and oxygen atoms in total. The normalized spacial score (nSPS) is 10.2. The number of pyridine rings is 1. The average molecular weight is 198 g/mol. The molecular weight excluding hydrogens is 194 g/mol. The van der Waals surface area contributed by atoms with E-state index >= 15 is 0 Å². The van der Waals surface area contributed by atoms with Gasteiger partial charge in [0.2, 0.25) is 0 Å². The second-order valence-corrected chi connectivity index (χ2v) is 2.56. The van der Waals surface area contributed by atoms with Gasteiger partial charge in [-0.15, -0.1) is 0 Å². The monoisotopic (exact) mass is 197 g/mol. The van der Waals surface area contributed by atoms with Crippen molar-refractivity contribution in [2.24, 2.45) is 0 Å².